The summed E-state index contributed by atoms with van der Waals surface area (Å²) in [6, 6.07) is 0. The molecule has 0 radical (unpaired) electrons. The Balaban J connectivity index is -0.000000251. The summed E-state index contributed by atoms with van der Waals surface area (Å²) in [5.41, 5.74) is 0. The van der Waals surface area contributed by atoms with Crippen LogP contribution in [-0.4, -0.2) is 18.0 Å². The summed E-state index contributed by atoms with van der Waals surface area (Å²) in [6.45, 7) is 21.2. The summed E-state index contributed by atoms with van der Waals surface area (Å²) >= 11 is 0. The number of carbonyl (C=O) groups excluding carboxylic acids is 1. The smallest absolute Gasteiger partial charge is 0.119 e. The molecule has 0 unspecified atom stereocenters. The van der Waals surface area contributed by atoms with Crippen molar-refractivity contribution < 1.29 is 9.90 Å². The zero-order valence-corrected chi connectivity index (χ0v) is 48.1. The topological polar surface area (TPSA) is 37.3 Å². The van der Waals surface area contributed by atoms with Gasteiger partial charge >= 0.3 is 0 Å². The minimum Gasteiger partial charge on any atom is -0.396 e. The van der Waals surface area contributed by atoms with Gasteiger partial charge in [0.25, 0.3) is 0 Å². The van der Waals surface area contributed by atoms with Crippen LogP contribution in [0.2, 0.25) is 0 Å². The fourth-order valence-corrected chi connectivity index (χ4v) is 7.65. The Hall–Kier alpha value is -1.67. The van der Waals surface area contributed by atoms with E-state index in [1.807, 2.05) is 12.2 Å². The van der Waals surface area contributed by atoms with E-state index < -0.39 is 0 Å². The number of rotatable bonds is 50. The van der Waals surface area contributed by atoms with Crippen LogP contribution >= 0.6 is 0 Å². The summed E-state index contributed by atoms with van der Waals surface area (Å²) in [5, 5.41) is 8.64. The van der Waals surface area contributed by atoms with Crippen molar-refractivity contribution in [3.8, 4) is 0 Å². The van der Waals surface area contributed by atoms with Crippen LogP contribution in [0.25, 0.3) is 0 Å². The lowest BCUT2D eigenvalue weighted by Crippen LogP contribution is -1.84. The average molecular weight is 956 g/mol. The van der Waals surface area contributed by atoms with Crippen molar-refractivity contribution in [2.45, 2.75) is 350 Å². The number of hydrogen-bond acceptors (Lipinski definition) is 2. The van der Waals surface area contributed by atoms with Gasteiger partial charge in [0.1, 0.15) is 6.29 Å². The van der Waals surface area contributed by atoms with Gasteiger partial charge in [-0.05, 0) is 89.9 Å². The SMILES string of the molecule is C=CCCCC.C=CCCCCCCCCCC.CCCC/C=C\CCCCCCCCCC.CCCC/C=C\CCCCCCCCCC=O.CCCC/C=C\CCCCCCCCCCO. The third-order valence-electron chi connectivity index (χ3n) is 12.4. The van der Waals surface area contributed by atoms with E-state index in [4.69, 9.17) is 5.11 Å². The Morgan fingerprint density at radius 2 is 0.441 bits per heavy atom. The number of allylic oxidation sites excluding steroid dienone is 8. The second-order valence-electron chi connectivity index (χ2n) is 19.6. The zero-order valence-electron chi connectivity index (χ0n) is 48.1. The molecule has 0 aliphatic rings. The van der Waals surface area contributed by atoms with Crippen LogP contribution in [0.1, 0.15) is 350 Å². The molecule has 0 rings (SSSR count). The first kappa shape index (κ1) is 75.3. The maximum absolute atomic E-state index is 10.1. The van der Waals surface area contributed by atoms with Crippen LogP contribution in [0.15, 0.2) is 61.8 Å². The summed E-state index contributed by atoms with van der Waals surface area (Å²) in [6.07, 6.45) is 82.6. The van der Waals surface area contributed by atoms with Gasteiger partial charge in [0.05, 0.1) is 0 Å². The fraction of sp³-hybridized carbons (Fsp3) is 0.833. The molecule has 0 heterocycles. The Kier molecular flexibility index (Phi) is 94.3. The van der Waals surface area contributed by atoms with Crippen LogP contribution in [0.4, 0.5) is 0 Å². The highest BCUT2D eigenvalue weighted by Crippen LogP contribution is 2.13. The van der Waals surface area contributed by atoms with Crippen molar-refractivity contribution >= 4 is 6.29 Å². The van der Waals surface area contributed by atoms with E-state index in [9.17, 15) is 4.79 Å². The molecular formula is C66H130O2. The molecule has 0 aliphatic carbocycles. The largest absolute Gasteiger partial charge is 0.396 e. The molecule has 0 saturated carbocycles. The lowest BCUT2D eigenvalue weighted by molar-refractivity contribution is -0.107. The molecule has 2 nitrogen and oxygen atoms in total. The Morgan fingerprint density at radius 3 is 0.676 bits per heavy atom. The minimum atomic E-state index is 0.365. The van der Waals surface area contributed by atoms with E-state index in [1.165, 1.54) is 289 Å². The Morgan fingerprint density at radius 1 is 0.250 bits per heavy atom. The predicted molar refractivity (Wildman–Crippen MR) is 317 cm³/mol. The predicted octanol–water partition coefficient (Wildman–Crippen LogP) is 24.0. The third-order valence-corrected chi connectivity index (χ3v) is 12.4. The summed E-state index contributed by atoms with van der Waals surface area (Å²) in [5.74, 6) is 0. The molecule has 0 bridgehead atoms. The maximum Gasteiger partial charge on any atom is 0.119 e. The average Bonchev–Trinajstić information content (AvgIpc) is 3.36. The lowest BCUT2D eigenvalue weighted by atomic mass is 10.1. The second-order valence-corrected chi connectivity index (χ2v) is 19.6. The molecule has 0 aliphatic heterocycles. The van der Waals surface area contributed by atoms with E-state index in [2.05, 4.69) is 91.2 Å². The molecule has 406 valence electrons. The molecule has 68 heavy (non-hydrogen) atoms. The number of hydrogen-bond donors (Lipinski definition) is 1. The van der Waals surface area contributed by atoms with Gasteiger partial charge in [-0.15, -0.1) is 13.2 Å². The van der Waals surface area contributed by atoms with Crippen LogP contribution < -0.4 is 0 Å². The van der Waals surface area contributed by atoms with E-state index in [-0.39, 0.29) is 0 Å². The first-order valence-corrected chi connectivity index (χ1v) is 30.8. The molecule has 1 N–H and O–H groups in total. The number of carbonyl (C=O) groups is 1. The van der Waals surface area contributed by atoms with E-state index in [0.717, 1.165) is 25.5 Å². The van der Waals surface area contributed by atoms with E-state index >= 15 is 0 Å². The molecule has 0 spiro atoms. The van der Waals surface area contributed by atoms with Gasteiger partial charge in [0, 0.05) is 13.0 Å². The highest BCUT2D eigenvalue weighted by molar-refractivity contribution is 5.48. The van der Waals surface area contributed by atoms with Gasteiger partial charge in [0.15, 0.2) is 0 Å². The molecule has 0 aromatic carbocycles. The summed E-state index contributed by atoms with van der Waals surface area (Å²) < 4.78 is 0. The summed E-state index contributed by atoms with van der Waals surface area (Å²) in [4.78, 5) is 10.1. The lowest BCUT2D eigenvalue weighted by Gasteiger charge is -2.00. The van der Waals surface area contributed by atoms with Gasteiger partial charge in [-0.25, -0.2) is 0 Å². The number of aliphatic hydroxyl groups is 1. The summed E-state index contributed by atoms with van der Waals surface area (Å²) in [7, 11) is 0. The highest BCUT2D eigenvalue weighted by atomic mass is 16.2. The molecule has 0 saturated heterocycles. The minimum absolute atomic E-state index is 0.365. The third kappa shape index (κ3) is 97.9. The molecule has 2 heteroatoms. The zero-order chi connectivity index (χ0) is 51.0. The van der Waals surface area contributed by atoms with Crippen LogP contribution in [-0.2, 0) is 4.79 Å². The fourth-order valence-electron chi connectivity index (χ4n) is 7.65. The van der Waals surface area contributed by atoms with E-state index in [1.54, 1.807) is 0 Å². The van der Waals surface area contributed by atoms with Crippen LogP contribution in [0, 0.1) is 0 Å². The monoisotopic (exact) mass is 955 g/mol. The van der Waals surface area contributed by atoms with Crippen LogP contribution in [0.3, 0.4) is 0 Å². The number of aliphatic hydroxyl groups excluding tert-OH is 1. The Labute approximate surface area is 432 Å². The standard InChI is InChI=1S/C16H32O.C16H30O.C16H32.C12H24.C6H12/c2*1-2-3-4-5-6-7-8-9-10-11-12-13-14-15-16-17;1-3-5-7-9-11-13-15-16-14-12-10-8-6-4-2;1-3-5-7-9-11-12-10-8-6-4-2;1-3-5-6-4-2/h5-6,17H,2-4,7-16H2,1H3;5-6,16H,2-4,7-15H2,1H3;9,11H,3-8,10,12-16H2,1-2H3;3H,1,4-12H2,2H3;3H,1,4-6H2,2H3/b2*6-5-;11-9-;;. The second kappa shape index (κ2) is 85.2. The van der Waals surface area contributed by atoms with Crippen molar-refractivity contribution in [3.63, 3.8) is 0 Å². The molecule has 0 aromatic rings. The van der Waals surface area contributed by atoms with Crippen LogP contribution in [0.5, 0.6) is 0 Å². The molecule has 0 fully saturated rings. The first-order chi connectivity index (χ1) is 33.6. The van der Waals surface area contributed by atoms with Crippen molar-refractivity contribution in [2.24, 2.45) is 0 Å². The normalized spacial score (nSPS) is 10.8. The van der Waals surface area contributed by atoms with Gasteiger partial charge in [0.2, 0.25) is 0 Å². The van der Waals surface area contributed by atoms with Gasteiger partial charge < -0.3 is 9.90 Å². The number of aldehydes is 1. The quantitative estimate of drug-likeness (QED) is 0.0375. The van der Waals surface area contributed by atoms with Gasteiger partial charge in [-0.1, -0.05) is 302 Å². The maximum atomic E-state index is 10.1. The molecule has 0 atom stereocenters. The van der Waals surface area contributed by atoms with Gasteiger partial charge in [-0.3, -0.25) is 0 Å². The first-order valence-electron chi connectivity index (χ1n) is 30.8. The van der Waals surface area contributed by atoms with Crippen molar-refractivity contribution in [1.29, 1.82) is 0 Å². The molecule has 0 aromatic heterocycles. The molecular weight excluding hydrogens is 825 g/mol. The molecule has 0 amide bonds. The Bertz CT molecular complexity index is 899. The van der Waals surface area contributed by atoms with E-state index in [0.29, 0.717) is 6.61 Å². The van der Waals surface area contributed by atoms with Crippen molar-refractivity contribution in [3.05, 3.63) is 61.8 Å². The van der Waals surface area contributed by atoms with Crippen molar-refractivity contribution in [2.75, 3.05) is 6.61 Å². The van der Waals surface area contributed by atoms with Crippen molar-refractivity contribution in [1.82, 2.24) is 0 Å². The highest BCUT2D eigenvalue weighted by Gasteiger charge is 1.94. The number of unbranched alkanes of at least 4 members (excludes halogenated alkanes) is 40. The van der Waals surface area contributed by atoms with Gasteiger partial charge in [-0.2, -0.15) is 0 Å².